The molecule has 0 amide bonds. The monoisotopic (exact) mass is 344 g/mol. The van der Waals surface area contributed by atoms with Crippen molar-refractivity contribution >= 4 is 29.0 Å². The number of benzene rings is 2. The van der Waals surface area contributed by atoms with Crippen LogP contribution in [0.4, 0.5) is 5.69 Å². The molecule has 5 nitrogen and oxygen atoms in total. The van der Waals surface area contributed by atoms with Crippen molar-refractivity contribution in [2.45, 2.75) is 13.5 Å². The number of methoxy groups -OCH3 is 2. The molecule has 2 rings (SSSR count). The largest absolute Gasteiger partial charge is 0.497 e. The zero-order valence-corrected chi connectivity index (χ0v) is 14.7. The van der Waals surface area contributed by atoms with Gasteiger partial charge in [-0.25, -0.2) is 4.79 Å². The molecule has 126 valence electrons. The van der Waals surface area contributed by atoms with Crippen molar-refractivity contribution in [3.8, 4) is 5.75 Å². The van der Waals surface area contributed by atoms with Crippen LogP contribution in [-0.2, 0) is 11.3 Å². The topological polar surface area (TPSA) is 59.6 Å². The number of nitrogens with one attached hydrogen (secondary N) is 2. The molecule has 2 aromatic carbocycles. The SMILES string of the molecule is COC(=O)c1cccc(NC(=S)NCc2cccc(OC)c2)c1C. The van der Waals surface area contributed by atoms with E-state index in [0.29, 0.717) is 17.2 Å². The predicted octanol–water partition coefficient (Wildman–Crippen LogP) is 3.28. The average molecular weight is 344 g/mol. The maximum Gasteiger partial charge on any atom is 0.338 e. The summed E-state index contributed by atoms with van der Waals surface area (Å²) in [5.74, 6) is 0.432. The molecule has 0 saturated heterocycles. The third-order valence-corrected chi connectivity index (χ3v) is 3.82. The molecule has 0 heterocycles. The highest BCUT2D eigenvalue weighted by Gasteiger charge is 2.12. The molecule has 0 aliphatic rings. The van der Waals surface area contributed by atoms with Crippen LogP contribution >= 0.6 is 12.2 Å². The molecule has 2 aromatic rings. The van der Waals surface area contributed by atoms with Crippen molar-refractivity contribution < 1.29 is 14.3 Å². The van der Waals surface area contributed by atoms with Crippen molar-refractivity contribution in [1.29, 1.82) is 0 Å². The number of hydrogen-bond acceptors (Lipinski definition) is 4. The minimum Gasteiger partial charge on any atom is -0.497 e. The molecule has 0 aliphatic carbocycles. The van der Waals surface area contributed by atoms with Gasteiger partial charge in [-0.15, -0.1) is 0 Å². The normalized spacial score (nSPS) is 9.96. The van der Waals surface area contributed by atoms with Gasteiger partial charge in [0, 0.05) is 12.2 Å². The first-order valence-electron chi connectivity index (χ1n) is 7.41. The summed E-state index contributed by atoms with van der Waals surface area (Å²) < 4.78 is 9.98. The summed E-state index contributed by atoms with van der Waals surface area (Å²) in [5.41, 5.74) is 3.12. The first-order valence-corrected chi connectivity index (χ1v) is 7.81. The van der Waals surface area contributed by atoms with Gasteiger partial charge in [-0.05, 0) is 54.5 Å². The van der Waals surface area contributed by atoms with Crippen LogP contribution < -0.4 is 15.4 Å². The van der Waals surface area contributed by atoms with E-state index in [0.717, 1.165) is 22.6 Å². The van der Waals surface area contributed by atoms with Gasteiger partial charge in [0.2, 0.25) is 0 Å². The maximum absolute atomic E-state index is 11.7. The maximum atomic E-state index is 11.7. The molecule has 0 spiro atoms. The molecule has 0 saturated carbocycles. The summed E-state index contributed by atoms with van der Waals surface area (Å²) >= 11 is 5.32. The van der Waals surface area contributed by atoms with Crippen molar-refractivity contribution in [3.63, 3.8) is 0 Å². The quantitative estimate of drug-likeness (QED) is 0.641. The Hall–Kier alpha value is -2.60. The molecule has 0 aliphatic heterocycles. The molecule has 24 heavy (non-hydrogen) atoms. The van der Waals surface area contributed by atoms with Crippen molar-refractivity contribution in [2.24, 2.45) is 0 Å². The fourth-order valence-corrected chi connectivity index (χ4v) is 2.42. The van der Waals surface area contributed by atoms with E-state index in [9.17, 15) is 4.79 Å². The Kier molecular flexibility index (Phi) is 6.14. The molecular formula is C18H20N2O3S. The van der Waals surface area contributed by atoms with Gasteiger partial charge in [0.1, 0.15) is 5.75 Å². The second-order valence-electron chi connectivity index (χ2n) is 5.13. The molecule has 6 heteroatoms. The number of esters is 1. The summed E-state index contributed by atoms with van der Waals surface area (Å²) in [6.45, 7) is 2.41. The highest BCUT2D eigenvalue weighted by atomic mass is 32.1. The fourth-order valence-electron chi connectivity index (χ4n) is 2.23. The van der Waals surface area contributed by atoms with E-state index < -0.39 is 0 Å². The van der Waals surface area contributed by atoms with Crippen LogP contribution in [-0.4, -0.2) is 25.3 Å². The van der Waals surface area contributed by atoms with E-state index in [1.807, 2.05) is 37.3 Å². The van der Waals surface area contributed by atoms with Crippen molar-refractivity contribution in [3.05, 3.63) is 59.2 Å². The summed E-state index contributed by atoms with van der Waals surface area (Å²) in [6.07, 6.45) is 0. The zero-order chi connectivity index (χ0) is 17.5. The van der Waals surface area contributed by atoms with E-state index >= 15 is 0 Å². The van der Waals surface area contributed by atoms with E-state index in [2.05, 4.69) is 10.6 Å². The van der Waals surface area contributed by atoms with Crippen LogP contribution in [0.3, 0.4) is 0 Å². The molecule has 0 aromatic heterocycles. The highest BCUT2D eigenvalue weighted by molar-refractivity contribution is 7.80. The van der Waals surface area contributed by atoms with Gasteiger partial charge < -0.3 is 20.1 Å². The predicted molar refractivity (Wildman–Crippen MR) is 98.6 cm³/mol. The number of hydrogen-bond donors (Lipinski definition) is 2. The fraction of sp³-hybridized carbons (Fsp3) is 0.222. The van der Waals surface area contributed by atoms with Gasteiger partial charge >= 0.3 is 5.97 Å². The zero-order valence-electron chi connectivity index (χ0n) is 13.9. The lowest BCUT2D eigenvalue weighted by atomic mass is 10.1. The number of anilines is 1. The molecule has 0 bridgehead atoms. The molecule has 0 radical (unpaired) electrons. The van der Waals surface area contributed by atoms with Gasteiger partial charge in [-0.1, -0.05) is 18.2 Å². The van der Waals surface area contributed by atoms with Crippen LogP contribution in [0.25, 0.3) is 0 Å². The van der Waals surface area contributed by atoms with Gasteiger partial charge in [-0.2, -0.15) is 0 Å². The molecule has 0 atom stereocenters. The number of carbonyl (C=O) groups is 1. The lowest BCUT2D eigenvalue weighted by Crippen LogP contribution is -2.28. The Balaban J connectivity index is 2.01. The lowest BCUT2D eigenvalue weighted by molar-refractivity contribution is 0.0600. The highest BCUT2D eigenvalue weighted by Crippen LogP contribution is 2.19. The first-order chi connectivity index (χ1) is 11.5. The number of rotatable bonds is 5. The van der Waals surface area contributed by atoms with Crippen LogP contribution in [0.5, 0.6) is 5.75 Å². The van der Waals surface area contributed by atoms with E-state index in [4.69, 9.17) is 21.7 Å². The van der Waals surface area contributed by atoms with E-state index in [1.165, 1.54) is 7.11 Å². The Labute approximate surface area is 147 Å². The number of thiocarbonyl (C=S) groups is 1. The number of carbonyl (C=O) groups excluding carboxylic acids is 1. The first kappa shape index (κ1) is 17.7. The minimum atomic E-state index is -0.369. The smallest absolute Gasteiger partial charge is 0.338 e. The van der Waals surface area contributed by atoms with Crippen LogP contribution in [0, 0.1) is 6.92 Å². The summed E-state index contributed by atoms with van der Waals surface area (Å²) in [4.78, 5) is 11.7. The molecular weight excluding hydrogens is 324 g/mol. The van der Waals surface area contributed by atoms with Gasteiger partial charge in [0.25, 0.3) is 0 Å². The van der Waals surface area contributed by atoms with Gasteiger partial charge in [0.05, 0.1) is 19.8 Å². The molecule has 0 unspecified atom stereocenters. The minimum absolute atomic E-state index is 0.369. The Morgan fingerprint density at radius 2 is 1.92 bits per heavy atom. The second kappa shape index (κ2) is 8.31. The Morgan fingerprint density at radius 1 is 1.17 bits per heavy atom. The third kappa shape index (κ3) is 4.45. The standard InChI is InChI=1S/C18H20N2O3S/c1-12-15(17(21)23-3)8-5-9-16(12)20-18(24)19-11-13-6-4-7-14(10-13)22-2/h4-10H,11H2,1-3H3,(H2,19,20,24). The van der Waals surface area contributed by atoms with Crippen molar-refractivity contribution in [2.75, 3.05) is 19.5 Å². The Morgan fingerprint density at radius 3 is 2.62 bits per heavy atom. The average Bonchev–Trinajstić information content (AvgIpc) is 2.61. The Bertz CT molecular complexity index is 747. The van der Waals surface area contributed by atoms with Gasteiger partial charge in [-0.3, -0.25) is 0 Å². The van der Waals surface area contributed by atoms with Crippen molar-refractivity contribution in [1.82, 2.24) is 5.32 Å². The molecule has 2 N–H and O–H groups in total. The van der Waals surface area contributed by atoms with Crippen LogP contribution in [0.2, 0.25) is 0 Å². The van der Waals surface area contributed by atoms with E-state index in [-0.39, 0.29) is 5.97 Å². The van der Waals surface area contributed by atoms with Crippen LogP contribution in [0.1, 0.15) is 21.5 Å². The second-order valence-corrected chi connectivity index (χ2v) is 5.54. The summed E-state index contributed by atoms with van der Waals surface area (Å²) in [7, 11) is 3.00. The van der Waals surface area contributed by atoms with Crippen LogP contribution in [0.15, 0.2) is 42.5 Å². The summed E-state index contributed by atoms with van der Waals surface area (Å²) in [6, 6.07) is 13.1. The third-order valence-electron chi connectivity index (χ3n) is 3.57. The lowest BCUT2D eigenvalue weighted by Gasteiger charge is -2.14. The van der Waals surface area contributed by atoms with Gasteiger partial charge in [0.15, 0.2) is 5.11 Å². The summed E-state index contributed by atoms with van der Waals surface area (Å²) in [5, 5.41) is 6.72. The number of ether oxygens (including phenoxy) is 2. The van der Waals surface area contributed by atoms with E-state index in [1.54, 1.807) is 19.2 Å². The molecule has 0 fully saturated rings.